The summed E-state index contributed by atoms with van der Waals surface area (Å²) in [6.45, 7) is 2.10. The van der Waals surface area contributed by atoms with Gasteiger partial charge in [-0.2, -0.15) is 0 Å². The molecular weight excluding hydrogens is 288 g/mol. The number of thiazole rings is 1. The number of benzene rings is 2. The maximum Gasteiger partial charge on any atom is 0.184 e. The molecule has 0 aliphatic rings. The standard InChI is InChI=1S/C16H15ClN2S/c1-16(11-17,12-7-3-2-4-8-12)19-15-18-13-9-5-6-10-14(13)20-15/h2-10H,11H2,1H3,(H,18,19). The number of halogens is 1. The Morgan fingerprint density at radius 1 is 1.10 bits per heavy atom. The minimum Gasteiger partial charge on any atom is -0.351 e. The monoisotopic (exact) mass is 302 g/mol. The van der Waals surface area contributed by atoms with Crippen molar-refractivity contribution in [1.29, 1.82) is 0 Å². The van der Waals surface area contributed by atoms with Gasteiger partial charge in [0.15, 0.2) is 5.13 Å². The Hall–Kier alpha value is -1.58. The van der Waals surface area contributed by atoms with Crippen LogP contribution in [-0.4, -0.2) is 10.9 Å². The van der Waals surface area contributed by atoms with Crippen molar-refractivity contribution in [3.8, 4) is 0 Å². The quantitative estimate of drug-likeness (QED) is 0.696. The smallest absolute Gasteiger partial charge is 0.184 e. The zero-order valence-corrected chi connectivity index (χ0v) is 12.7. The average Bonchev–Trinajstić information content (AvgIpc) is 2.90. The molecule has 0 fully saturated rings. The second-order valence-electron chi connectivity index (χ2n) is 4.94. The number of alkyl halides is 1. The lowest BCUT2D eigenvalue weighted by molar-refractivity contribution is 0.617. The van der Waals surface area contributed by atoms with Gasteiger partial charge < -0.3 is 5.32 Å². The molecule has 3 aromatic rings. The van der Waals surface area contributed by atoms with Crippen LogP contribution < -0.4 is 5.32 Å². The van der Waals surface area contributed by atoms with Crippen molar-refractivity contribution < 1.29 is 0 Å². The van der Waals surface area contributed by atoms with E-state index in [0.717, 1.165) is 16.2 Å². The highest BCUT2D eigenvalue weighted by Crippen LogP contribution is 2.32. The van der Waals surface area contributed by atoms with E-state index >= 15 is 0 Å². The highest BCUT2D eigenvalue weighted by atomic mass is 35.5. The third kappa shape index (κ3) is 2.51. The van der Waals surface area contributed by atoms with E-state index in [1.807, 2.05) is 36.4 Å². The number of para-hydroxylation sites is 1. The van der Waals surface area contributed by atoms with Crippen LogP contribution in [0.4, 0.5) is 5.13 Å². The van der Waals surface area contributed by atoms with Crippen molar-refractivity contribution >= 4 is 38.3 Å². The lowest BCUT2D eigenvalue weighted by atomic mass is 9.94. The topological polar surface area (TPSA) is 24.9 Å². The molecule has 4 heteroatoms. The summed E-state index contributed by atoms with van der Waals surface area (Å²) < 4.78 is 1.18. The predicted molar refractivity (Wildman–Crippen MR) is 87.8 cm³/mol. The predicted octanol–water partition coefficient (Wildman–Crippen LogP) is 4.86. The summed E-state index contributed by atoms with van der Waals surface area (Å²) in [5.74, 6) is 0.479. The van der Waals surface area contributed by atoms with Crippen molar-refractivity contribution in [2.75, 3.05) is 11.2 Å². The summed E-state index contributed by atoms with van der Waals surface area (Å²) in [5, 5.41) is 4.39. The molecule has 20 heavy (non-hydrogen) atoms. The van der Waals surface area contributed by atoms with Gasteiger partial charge in [-0.05, 0) is 24.6 Å². The second-order valence-corrected chi connectivity index (χ2v) is 6.24. The van der Waals surface area contributed by atoms with Crippen LogP contribution in [0.25, 0.3) is 10.2 Å². The van der Waals surface area contributed by atoms with Crippen LogP contribution in [0.15, 0.2) is 54.6 Å². The van der Waals surface area contributed by atoms with Gasteiger partial charge in [0.1, 0.15) is 0 Å². The Morgan fingerprint density at radius 2 is 1.80 bits per heavy atom. The van der Waals surface area contributed by atoms with Crippen LogP contribution in [-0.2, 0) is 5.54 Å². The summed E-state index contributed by atoms with van der Waals surface area (Å²) >= 11 is 7.86. The summed E-state index contributed by atoms with van der Waals surface area (Å²) in [6, 6.07) is 18.4. The van der Waals surface area contributed by atoms with Gasteiger partial charge in [-0.3, -0.25) is 0 Å². The van der Waals surface area contributed by atoms with Gasteiger partial charge in [0.25, 0.3) is 0 Å². The third-order valence-corrected chi connectivity index (χ3v) is 4.84. The largest absolute Gasteiger partial charge is 0.351 e. The van der Waals surface area contributed by atoms with Crippen molar-refractivity contribution in [3.05, 3.63) is 60.2 Å². The lowest BCUT2D eigenvalue weighted by Crippen LogP contribution is -2.33. The molecule has 0 bridgehead atoms. The van der Waals surface area contributed by atoms with E-state index in [1.165, 1.54) is 4.70 Å². The third-order valence-electron chi connectivity index (χ3n) is 3.35. The molecule has 1 heterocycles. The summed E-state index contributed by atoms with van der Waals surface area (Å²) in [5.41, 5.74) is 1.86. The number of nitrogens with one attached hydrogen (secondary N) is 1. The maximum absolute atomic E-state index is 6.21. The first-order chi connectivity index (χ1) is 9.71. The van der Waals surface area contributed by atoms with E-state index < -0.39 is 0 Å². The van der Waals surface area contributed by atoms with E-state index in [2.05, 4.69) is 35.4 Å². The highest BCUT2D eigenvalue weighted by molar-refractivity contribution is 7.22. The molecule has 0 radical (unpaired) electrons. The fourth-order valence-corrected chi connectivity index (χ4v) is 3.36. The van der Waals surface area contributed by atoms with E-state index in [0.29, 0.717) is 5.88 Å². The Bertz CT molecular complexity index is 678. The number of hydrogen-bond donors (Lipinski definition) is 1. The molecular formula is C16H15ClN2S. The maximum atomic E-state index is 6.21. The molecule has 1 unspecified atom stereocenters. The van der Waals surface area contributed by atoms with Crippen LogP contribution in [0.5, 0.6) is 0 Å². The molecule has 1 N–H and O–H groups in total. The fourth-order valence-electron chi connectivity index (χ4n) is 2.15. The van der Waals surface area contributed by atoms with Gasteiger partial charge in [0.05, 0.1) is 15.8 Å². The molecule has 0 saturated carbocycles. The molecule has 0 aliphatic heterocycles. The highest BCUT2D eigenvalue weighted by Gasteiger charge is 2.26. The van der Waals surface area contributed by atoms with E-state index in [9.17, 15) is 0 Å². The number of nitrogens with zero attached hydrogens (tertiary/aromatic N) is 1. The zero-order valence-electron chi connectivity index (χ0n) is 11.1. The minimum absolute atomic E-state index is 0.323. The van der Waals surface area contributed by atoms with Gasteiger partial charge in [-0.25, -0.2) is 4.98 Å². The summed E-state index contributed by atoms with van der Waals surface area (Å²) in [7, 11) is 0. The molecule has 102 valence electrons. The number of anilines is 1. The Kier molecular flexibility index (Phi) is 3.64. The SMILES string of the molecule is CC(CCl)(Nc1nc2ccccc2s1)c1ccccc1. The number of fused-ring (bicyclic) bond motifs is 1. The van der Waals surface area contributed by atoms with Gasteiger partial charge in [0.2, 0.25) is 0 Å². The van der Waals surface area contributed by atoms with Gasteiger partial charge in [-0.15, -0.1) is 11.6 Å². The van der Waals surface area contributed by atoms with Crippen LogP contribution >= 0.6 is 22.9 Å². The molecule has 0 saturated heterocycles. The van der Waals surface area contributed by atoms with Crippen LogP contribution in [0, 0.1) is 0 Å². The van der Waals surface area contributed by atoms with Crippen LogP contribution in [0.1, 0.15) is 12.5 Å². The van der Waals surface area contributed by atoms with Crippen molar-refractivity contribution in [2.24, 2.45) is 0 Å². The molecule has 1 atom stereocenters. The molecule has 0 aliphatic carbocycles. The number of rotatable bonds is 4. The minimum atomic E-state index is -0.323. The first-order valence-electron chi connectivity index (χ1n) is 6.46. The molecule has 2 aromatic carbocycles. The summed E-state index contributed by atoms with van der Waals surface area (Å²) in [4.78, 5) is 4.62. The van der Waals surface area contributed by atoms with E-state index in [1.54, 1.807) is 11.3 Å². The molecule has 3 rings (SSSR count). The Labute approximate surface area is 127 Å². The Morgan fingerprint density at radius 3 is 2.50 bits per heavy atom. The molecule has 0 spiro atoms. The zero-order chi connectivity index (χ0) is 14.0. The lowest BCUT2D eigenvalue weighted by Gasteiger charge is -2.28. The number of hydrogen-bond acceptors (Lipinski definition) is 3. The van der Waals surface area contributed by atoms with E-state index in [4.69, 9.17) is 11.6 Å². The average molecular weight is 303 g/mol. The molecule has 1 aromatic heterocycles. The van der Waals surface area contributed by atoms with Crippen molar-refractivity contribution in [2.45, 2.75) is 12.5 Å². The first-order valence-corrected chi connectivity index (χ1v) is 7.82. The van der Waals surface area contributed by atoms with Crippen molar-refractivity contribution in [1.82, 2.24) is 4.98 Å². The van der Waals surface area contributed by atoms with E-state index in [-0.39, 0.29) is 5.54 Å². The van der Waals surface area contributed by atoms with Crippen molar-refractivity contribution in [3.63, 3.8) is 0 Å². The number of aromatic nitrogens is 1. The van der Waals surface area contributed by atoms with Crippen LogP contribution in [0.2, 0.25) is 0 Å². The summed E-state index contributed by atoms with van der Waals surface area (Å²) in [6.07, 6.45) is 0. The molecule has 2 nitrogen and oxygen atoms in total. The first kappa shape index (κ1) is 13.4. The fraction of sp³-hybridized carbons (Fsp3) is 0.188. The Balaban J connectivity index is 1.95. The van der Waals surface area contributed by atoms with Gasteiger partial charge >= 0.3 is 0 Å². The molecule has 0 amide bonds. The van der Waals surface area contributed by atoms with Gasteiger partial charge in [-0.1, -0.05) is 53.8 Å². The van der Waals surface area contributed by atoms with Crippen LogP contribution in [0.3, 0.4) is 0 Å². The second kappa shape index (κ2) is 5.43. The van der Waals surface area contributed by atoms with Gasteiger partial charge in [0, 0.05) is 5.88 Å². The normalized spacial score (nSPS) is 14.1.